The fourth-order valence-electron chi connectivity index (χ4n) is 1.67. The second-order valence-electron chi connectivity index (χ2n) is 4.01. The van der Waals surface area contributed by atoms with E-state index in [1.807, 2.05) is 0 Å². The number of aromatic nitrogens is 1. The molecule has 0 aliphatic heterocycles. The Bertz CT molecular complexity index is 520. The van der Waals surface area contributed by atoms with Gasteiger partial charge in [-0.15, -0.1) is 0 Å². The molecular weight excluding hydrogens is 224 g/mol. The summed E-state index contributed by atoms with van der Waals surface area (Å²) in [5.41, 5.74) is 1.04. The van der Waals surface area contributed by atoms with Crippen LogP contribution in [0, 0.1) is 11.6 Å². The Kier molecular flexibility index (Phi) is 3.24. The second-order valence-corrected chi connectivity index (χ2v) is 4.01. The first-order valence-corrected chi connectivity index (χ1v) is 5.34. The van der Waals surface area contributed by atoms with Crippen LogP contribution in [0.15, 0.2) is 36.7 Å². The quantitative estimate of drug-likeness (QED) is 0.872. The van der Waals surface area contributed by atoms with Gasteiger partial charge in [0.05, 0.1) is 6.10 Å². The Hall–Kier alpha value is -1.68. The third-order valence-electron chi connectivity index (χ3n) is 2.64. The third-order valence-corrected chi connectivity index (χ3v) is 2.64. The zero-order chi connectivity index (χ0) is 12.4. The van der Waals surface area contributed by atoms with Crippen molar-refractivity contribution in [1.82, 2.24) is 4.57 Å². The molecule has 90 valence electrons. The van der Waals surface area contributed by atoms with Crippen molar-refractivity contribution in [2.75, 3.05) is 0 Å². The van der Waals surface area contributed by atoms with E-state index in [2.05, 4.69) is 0 Å². The van der Waals surface area contributed by atoms with Crippen LogP contribution in [0.4, 0.5) is 8.78 Å². The molecule has 0 saturated carbocycles. The van der Waals surface area contributed by atoms with Crippen molar-refractivity contribution in [3.8, 4) is 0 Å². The van der Waals surface area contributed by atoms with Crippen LogP contribution in [0.25, 0.3) is 0 Å². The molecule has 1 unspecified atom stereocenters. The zero-order valence-electron chi connectivity index (χ0n) is 9.40. The van der Waals surface area contributed by atoms with E-state index >= 15 is 0 Å². The summed E-state index contributed by atoms with van der Waals surface area (Å²) in [4.78, 5) is 0. The van der Waals surface area contributed by atoms with Gasteiger partial charge in [-0.05, 0) is 24.6 Å². The molecule has 1 heterocycles. The molecule has 0 amide bonds. The van der Waals surface area contributed by atoms with E-state index in [0.717, 1.165) is 11.6 Å². The van der Waals surface area contributed by atoms with Crippen molar-refractivity contribution >= 4 is 0 Å². The lowest BCUT2D eigenvalue weighted by atomic mass is 10.2. The van der Waals surface area contributed by atoms with Gasteiger partial charge in [-0.25, -0.2) is 8.78 Å². The molecule has 1 aromatic carbocycles. The molecular formula is C13H13F2NO. The molecule has 1 aromatic heterocycles. The van der Waals surface area contributed by atoms with E-state index in [-0.39, 0.29) is 12.1 Å². The van der Waals surface area contributed by atoms with Crippen LogP contribution in [0.5, 0.6) is 0 Å². The maximum Gasteiger partial charge on any atom is 0.163 e. The summed E-state index contributed by atoms with van der Waals surface area (Å²) in [6.07, 6.45) is 2.88. The molecule has 0 fully saturated rings. The Morgan fingerprint density at radius 1 is 1.29 bits per heavy atom. The van der Waals surface area contributed by atoms with Gasteiger partial charge in [0.15, 0.2) is 11.6 Å². The highest BCUT2D eigenvalue weighted by molar-refractivity contribution is 5.21. The molecule has 0 aliphatic carbocycles. The number of halogens is 2. The van der Waals surface area contributed by atoms with Crippen molar-refractivity contribution in [2.24, 2.45) is 0 Å². The summed E-state index contributed by atoms with van der Waals surface area (Å²) in [6.45, 7) is 1.90. The predicted octanol–water partition coefficient (Wildman–Crippen LogP) is 2.87. The molecule has 0 bridgehead atoms. The van der Waals surface area contributed by atoms with Crippen molar-refractivity contribution < 1.29 is 13.9 Å². The van der Waals surface area contributed by atoms with Gasteiger partial charge < -0.3 is 9.67 Å². The summed E-state index contributed by atoms with van der Waals surface area (Å²) >= 11 is 0. The van der Waals surface area contributed by atoms with Gasteiger partial charge >= 0.3 is 0 Å². The van der Waals surface area contributed by atoms with Gasteiger partial charge in [0, 0.05) is 24.5 Å². The lowest BCUT2D eigenvalue weighted by Gasteiger charge is -2.05. The fraction of sp³-hybridized carbons (Fsp3) is 0.231. The van der Waals surface area contributed by atoms with Crippen LogP contribution in [0.2, 0.25) is 0 Å². The van der Waals surface area contributed by atoms with Crippen LogP contribution in [0.1, 0.15) is 24.2 Å². The molecule has 17 heavy (non-hydrogen) atoms. The Labute approximate surface area is 98.1 Å². The number of benzene rings is 1. The van der Waals surface area contributed by atoms with Crippen molar-refractivity contribution in [1.29, 1.82) is 0 Å². The first-order chi connectivity index (χ1) is 8.08. The summed E-state index contributed by atoms with van der Waals surface area (Å²) < 4.78 is 28.1. The normalized spacial score (nSPS) is 12.7. The number of hydrogen-bond acceptors (Lipinski definition) is 1. The van der Waals surface area contributed by atoms with E-state index in [0.29, 0.717) is 0 Å². The first kappa shape index (κ1) is 11.8. The van der Waals surface area contributed by atoms with Gasteiger partial charge in [0.25, 0.3) is 0 Å². The van der Waals surface area contributed by atoms with Crippen molar-refractivity contribution in [3.63, 3.8) is 0 Å². The molecule has 2 aromatic rings. The number of nitrogens with zero attached hydrogens (tertiary/aromatic N) is 1. The van der Waals surface area contributed by atoms with Gasteiger partial charge in [0.1, 0.15) is 0 Å². The summed E-state index contributed by atoms with van der Waals surface area (Å²) in [5, 5.41) is 9.35. The molecule has 2 rings (SSSR count). The molecule has 0 radical (unpaired) electrons. The van der Waals surface area contributed by atoms with Crippen LogP contribution in [0.3, 0.4) is 0 Å². The smallest absolute Gasteiger partial charge is 0.163 e. The third kappa shape index (κ3) is 2.53. The van der Waals surface area contributed by atoms with Gasteiger partial charge in [-0.1, -0.05) is 12.1 Å². The van der Waals surface area contributed by atoms with Crippen LogP contribution >= 0.6 is 0 Å². The molecule has 0 spiro atoms. The fourth-order valence-corrected chi connectivity index (χ4v) is 1.67. The average molecular weight is 237 g/mol. The lowest BCUT2D eigenvalue weighted by molar-refractivity contribution is 0.199. The Balaban J connectivity index is 2.22. The van der Waals surface area contributed by atoms with Crippen LogP contribution in [-0.2, 0) is 6.54 Å². The second kappa shape index (κ2) is 4.67. The molecule has 2 nitrogen and oxygen atoms in total. The maximum atomic E-state index is 13.4. The molecule has 1 atom stereocenters. The minimum absolute atomic E-state index is 0.246. The van der Waals surface area contributed by atoms with Gasteiger partial charge in [-0.3, -0.25) is 0 Å². The summed E-state index contributed by atoms with van der Waals surface area (Å²) in [6, 6.07) is 5.87. The first-order valence-electron chi connectivity index (χ1n) is 5.34. The van der Waals surface area contributed by atoms with Crippen molar-refractivity contribution in [2.45, 2.75) is 19.6 Å². The van der Waals surface area contributed by atoms with E-state index in [4.69, 9.17) is 0 Å². The highest BCUT2D eigenvalue weighted by Crippen LogP contribution is 2.16. The number of hydrogen-bond donors (Lipinski definition) is 1. The van der Waals surface area contributed by atoms with E-state index in [9.17, 15) is 13.9 Å². The number of rotatable bonds is 3. The number of aliphatic hydroxyl groups excluding tert-OH is 1. The predicted molar refractivity (Wildman–Crippen MR) is 60.5 cm³/mol. The molecule has 4 heteroatoms. The van der Waals surface area contributed by atoms with Crippen molar-refractivity contribution in [3.05, 3.63) is 59.4 Å². The lowest BCUT2D eigenvalue weighted by Crippen LogP contribution is -2.01. The van der Waals surface area contributed by atoms with Gasteiger partial charge in [0.2, 0.25) is 0 Å². The van der Waals surface area contributed by atoms with E-state index in [1.165, 1.54) is 6.07 Å². The van der Waals surface area contributed by atoms with Crippen LogP contribution < -0.4 is 0 Å². The standard InChI is InChI=1S/C13H13F2NO/c1-9(17)10-5-6-16(7-10)8-11-3-2-4-12(14)13(11)15/h2-7,9,17H,8H2,1H3. The molecule has 0 saturated heterocycles. The molecule has 0 aliphatic rings. The Morgan fingerprint density at radius 2 is 2.06 bits per heavy atom. The number of aliphatic hydroxyl groups is 1. The average Bonchev–Trinajstić information content (AvgIpc) is 2.73. The largest absolute Gasteiger partial charge is 0.389 e. The zero-order valence-corrected chi connectivity index (χ0v) is 9.40. The summed E-state index contributed by atoms with van der Waals surface area (Å²) in [7, 11) is 0. The molecule has 1 N–H and O–H groups in total. The minimum Gasteiger partial charge on any atom is -0.389 e. The highest BCUT2D eigenvalue weighted by Gasteiger charge is 2.09. The highest BCUT2D eigenvalue weighted by atomic mass is 19.2. The topological polar surface area (TPSA) is 25.2 Å². The maximum absolute atomic E-state index is 13.4. The SMILES string of the molecule is CC(O)c1ccn(Cc2cccc(F)c2F)c1. The minimum atomic E-state index is -0.842. The van der Waals surface area contributed by atoms with Gasteiger partial charge in [-0.2, -0.15) is 0 Å². The van der Waals surface area contributed by atoms with E-state index < -0.39 is 17.7 Å². The Morgan fingerprint density at radius 3 is 2.71 bits per heavy atom. The van der Waals surface area contributed by atoms with E-state index in [1.54, 1.807) is 36.0 Å². The summed E-state index contributed by atoms with van der Waals surface area (Å²) in [5.74, 6) is -1.66. The van der Waals surface area contributed by atoms with Crippen LogP contribution in [-0.4, -0.2) is 9.67 Å². The monoisotopic (exact) mass is 237 g/mol.